The third-order valence-corrected chi connectivity index (χ3v) is 3.96. The fraction of sp³-hybridized carbons (Fsp3) is 0.500. The highest BCUT2D eigenvalue weighted by atomic mass is 35.5. The molecule has 0 bridgehead atoms. The van der Waals surface area contributed by atoms with E-state index < -0.39 is 0 Å². The molecule has 1 aromatic carbocycles. The molecule has 1 aliphatic rings. The fourth-order valence-electron chi connectivity index (χ4n) is 2.31. The van der Waals surface area contributed by atoms with E-state index in [0.29, 0.717) is 5.02 Å². The van der Waals surface area contributed by atoms with Gasteiger partial charge < -0.3 is 5.32 Å². The van der Waals surface area contributed by atoms with Gasteiger partial charge in [0.15, 0.2) is 0 Å². The summed E-state index contributed by atoms with van der Waals surface area (Å²) in [5.74, 6) is 0.136. The second-order valence-electron chi connectivity index (χ2n) is 5.28. The van der Waals surface area contributed by atoms with Crippen molar-refractivity contribution < 1.29 is 4.79 Å². The largest absolute Gasteiger partial charge is 0.325 e. The molecule has 92 valence electrons. The smallest absolute Gasteiger partial charge is 0.230 e. The highest BCUT2D eigenvalue weighted by molar-refractivity contribution is 6.30. The first-order chi connectivity index (χ1) is 7.92. The lowest BCUT2D eigenvalue weighted by molar-refractivity contribution is -0.128. The van der Waals surface area contributed by atoms with Crippen molar-refractivity contribution in [2.75, 3.05) is 5.32 Å². The molecule has 2 nitrogen and oxygen atoms in total. The highest BCUT2D eigenvalue weighted by Gasteiger charge is 2.39. The number of carbonyl (C=O) groups is 1. The van der Waals surface area contributed by atoms with E-state index in [0.717, 1.165) is 36.1 Å². The number of amides is 1. The topological polar surface area (TPSA) is 29.1 Å². The van der Waals surface area contributed by atoms with Gasteiger partial charge in [-0.1, -0.05) is 24.9 Å². The molecule has 17 heavy (non-hydrogen) atoms. The van der Waals surface area contributed by atoms with Gasteiger partial charge in [-0.15, -0.1) is 0 Å². The summed E-state index contributed by atoms with van der Waals surface area (Å²) < 4.78 is 0. The Labute approximate surface area is 107 Å². The molecule has 0 radical (unpaired) electrons. The molecule has 1 saturated carbocycles. The first-order valence-corrected chi connectivity index (χ1v) is 6.38. The zero-order valence-electron chi connectivity index (χ0n) is 10.6. The summed E-state index contributed by atoms with van der Waals surface area (Å²) in [5, 5.41) is 3.77. The van der Waals surface area contributed by atoms with Crippen molar-refractivity contribution in [3.8, 4) is 0 Å². The van der Waals surface area contributed by atoms with Crippen LogP contribution >= 0.6 is 11.6 Å². The van der Waals surface area contributed by atoms with Crippen molar-refractivity contribution in [2.24, 2.45) is 5.41 Å². The SMILES string of the molecule is Cc1cc(Cl)cc(C)c1NC(=O)C1(C)CCC1. The van der Waals surface area contributed by atoms with Crippen molar-refractivity contribution in [2.45, 2.75) is 40.0 Å². The molecule has 3 heteroatoms. The molecule has 0 aromatic heterocycles. The minimum atomic E-state index is -0.168. The number of rotatable bonds is 2. The Morgan fingerprint density at radius 3 is 2.24 bits per heavy atom. The molecule has 1 aliphatic carbocycles. The second kappa shape index (κ2) is 4.34. The lowest BCUT2D eigenvalue weighted by atomic mass is 9.70. The van der Waals surface area contributed by atoms with E-state index in [-0.39, 0.29) is 11.3 Å². The molecule has 0 aliphatic heterocycles. The number of benzene rings is 1. The number of hydrogen-bond donors (Lipinski definition) is 1. The minimum absolute atomic E-state index is 0.136. The van der Waals surface area contributed by atoms with Crippen molar-refractivity contribution in [1.29, 1.82) is 0 Å². The van der Waals surface area contributed by atoms with Gasteiger partial charge in [0, 0.05) is 16.1 Å². The summed E-state index contributed by atoms with van der Waals surface area (Å²) in [6.45, 7) is 5.97. The number of nitrogens with one attached hydrogen (secondary N) is 1. The van der Waals surface area contributed by atoms with Crippen LogP contribution in [0.2, 0.25) is 5.02 Å². The Balaban J connectivity index is 2.21. The summed E-state index contributed by atoms with van der Waals surface area (Å²) in [7, 11) is 0. The number of aryl methyl sites for hydroxylation is 2. The Kier molecular flexibility index (Phi) is 3.17. The maximum Gasteiger partial charge on any atom is 0.230 e. The van der Waals surface area contributed by atoms with Crippen LogP contribution in [0.25, 0.3) is 0 Å². The number of anilines is 1. The predicted molar refractivity (Wildman–Crippen MR) is 71.5 cm³/mol. The standard InChI is InChI=1S/C14H18ClNO/c1-9-7-11(15)8-10(2)12(9)16-13(17)14(3)5-4-6-14/h7-8H,4-6H2,1-3H3,(H,16,17). The third-order valence-electron chi connectivity index (χ3n) is 3.74. The van der Waals surface area contributed by atoms with Gasteiger partial charge in [0.25, 0.3) is 0 Å². The van der Waals surface area contributed by atoms with E-state index >= 15 is 0 Å². The van der Waals surface area contributed by atoms with Crippen LogP contribution in [0.5, 0.6) is 0 Å². The fourth-order valence-corrected chi connectivity index (χ4v) is 2.63. The monoisotopic (exact) mass is 251 g/mol. The summed E-state index contributed by atoms with van der Waals surface area (Å²) in [5.41, 5.74) is 2.78. The first kappa shape index (κ1) is 12.4. The summed E-state index contributed by atoms with van der Waals surface area (Å²) in [6.07, 6.45) is 3.14. The van der Waals surface area contributed by atoms with E-state index in [2.05, 4.69) is 5.32 Å². The second-order valence-corrected chi connectivity index (χ2v) is 5.72. The lowest BCUT2D eigenvalue weighted by Crippen LogP contribution is -2.39. The molecule has 1 amide bonds. The van der Waals surface area contributed by atoms with E-state index in [1.807, 2.05) is 32.9 Å². The number of halogens is 1. The van der Waals surface area contributed by atoms with Gasteiger partial charge in [-0.2, -0.15) is 0 Å². The van der Waals surface area contributed by atoms with E-state index in [9.17, 15) is 4.79 Å². The number of hydrogen-bond acceptors (Lipinski definition) is 1. The Morgan fingerprint density at radius 1 is 1.29 bits per heavy atom. The van der Waals surface area contributed by atoms with Crippen molar-refractivity contribution in [3.63, 3.8) is 0 Å². The molecule has 1 aromatic rings. The molecule has 0 heterocycles. The molecule has 1 fully saturated rings. The van der Waals surface area contributed by atoms with Crippen LogP contribution in [-0.4, -0.2) is 5.91 Å². The summed E-state index contributed by atoms with van der Waals surface area (Å²) in [4.78, 5) is 12.2. The number of carbonyl (C=O) groups excluding carboxylic acids is 1. The molecule has 2 rings (SSSR count). The Bertz CT molecular complexity index is 440. The minimum Gasteiger partial charge on any atom is -0.325 e. The van der Waals surface area contributed by atoms with Crippen molar-refractivity contribution in [1.82, 2.24) is 0 Å². The third kappa shape index (κ3) is 2.32. The van der Waals surface area contributed by atoms with Crippen LogP contribution in [-0.2, 0) is 4.79 Å². The molecule has 0 saturated heterocycles. The first-order valence-electron chi connectivity index (χ1n) is 6.00. The zero-order chi connectivity index (χ0) is 12.6. The maximum absolute atomic E-state index is 12.2. The molecule has 0 unspecified atom stereocenters. The van der Waals surface area contributed by atoms with Crippen LogP contribution < -0.4 is 5.32 Å². The molecular formula is C14H18ClNO. The van der Waals surface area contributed by atoms with Crippen LogP contribution in [0.4, 0.5) is 5.69 Å². The average molecular weight is 252 g/mol. The van der Waals surface area contributed by atoms with Gasteiger partial charge in [-0.25, -0.2) is 0 Å². The van der Waals surface area contributed by atoms with Crippen molar-refractivity contribution in [3.05, 3.63) is 28.3 Å². The van der Waals surface area contributed by atoms with E-state index in [4.69, 9.17) is 11.6 Å². The Morgan fingerprint density at radius 2 is 1.82 bits per heavy atom. The van der Waals surface area contributed by atoms with Crippen LogP contribution in [0, 0.1) is 19.3 Å². The van der Waals surface area contributed by atoms with Gasteiger partial charge in [-0.3, -0.25) is 4.79 Å². The summed E-state index contributed by atoms with van der Waals surface area (Å²) in [6, 6.07) is 3.76. The Hall–Kier alpha value is -1.02. The van der Waals surface area contributed by atoms with Crippen LogP contribution in [0.15, 0.2) is 12.1 Å². The predicted octanol–water partition coefficient (Wildman–Crippen LogP) is 4.09. The van der Waals surface area contributed by atoms with Gasteiger partial charge in [0.05, 0.1) is 0 Å². The van der Waals surface area contributed by atoms with Gasteiger partial charge in [0.2, 0.25) is 5.91 Å². The zero-order valence-corrected chi connectivity index (χ0v) is 11.3. The van der Waals surface area contributed by atoms with E-state index in [1.165, 1.54) is 0 Å². The van der Waals surface area contributed by atoms with E-state index in [1.54, 1.807) is 0 Å². The van der Waals surface area contributed by atoms with Gasteiger partial charge in [-0.05, 0) is 49.9 Å². The molecular weight excluding hydrogens is 234 g/mol. The highest BCUT2D eigenvalue weighted by Crippen LogP contribution is 2.41. The maximum atomic E-state index is 12.2. The van der Waals surface area contributed by atoms with Gasteiger partial charge >= 0.3 is 0 Å². The normalized spacial score (nSPS) is 17.4. The van der Waals surface area contributed by atoms with Crippen LogP contribution in [0.1, 0.15) is 37.3 Å². The quantitative estimate of drug-likeness (QED) is 0.843. The molecule has 1 N–H and O–H groups in total. The summed E-state index contributed by atoms with van der Waals surface area (Å²) >= 11 is 5.97. The van der Waals surface area contributed by atoms with Crippen molar-refractivity contribution >= 4 is 23.2 Å². The van der Waals surface area contributed by atoms with Crippen LogP contribution in [0.3, 0.4) is 0 Å². The lowest BCUT2D eigenvalue weighted by Gasteiger charge is -2.36. The molecule has 0 atom stereocenters. The van der Waals surface area contributed by atoms with Gasteiger partial charge in [0.1, 0.15) is 0 Å². The average Bonchev–Trinajstić information content (AvgIpc) is 2.19. The molecule has 0 spiro atoms.